The highest BCUT2D eigenvalue weighted by Gasteiger charge is 2.46. The molecule has 1 aromatic carbocycles. The molecule has 1 saturated carbocycles. The first-order valence-corrected chi connectivity index (χ1v) is 7.89. The third kappa shape index (κ3) is 3.57. The summed E-state index contributed by atoms with van der Waals surface area (Å²) in [6, 6.07) is 6.76. The minimum Gasteiger partial charge on any atom is -0.490 e. The van der Waals surface area contributed by atoms with Crippen molar-refractivity contribution in [1.82, 2.24) is 5.32 Å². The van der Waals surface area contributed by atoms with E-state index in [4.69, 9.17) is 4.74 Å². The van der Waals surface area contributed by atoms with Gasteiger partial charge in [-0.25, -0.2) is 0 Å². The Kier molecular flexibility index (Phi) is 4.90. The van der Waals surface area contributed by atoms with E-state index in [2.05, 4.69) is 51.2 Å². The highest BCUT2D eigenvalue weighted by Crippen LogP contribution is 2.40. The van der Waals surface area contributed by atoms with Crippen molar-refractivity contribution in [1.29, 1.82) is 5.26 Å². The molecule has 0 aliphatic heterocycles. The number of hydrogen-bond acceptors (Lipinski definition) is 3. The van der Waals surface area contributed by atoms with Gasteiger partial charge in [-0.1, -0.05) is 24.6 Å². The number of nitriles is 1. The SMILES string of the molecule is CCCNC(C#N)(COc1c(C)cc(C)cc1C)C1CC1. The number of rotatable bonds is 7. The Hall–Kier alpha value is -1.53. The maximum atomic E-state index is 9.68. The molecule has 1 atom stereocenters. The van der Waals surface area contributed by atoms with Gasteiger partial charge in [0.25, 0.3) is 0 Å². The molecule has 1 aliphatic rings. The van der Waals surface area contributed by atoms with Crippen molar-refractivity contribution >= 4 is 0 Å². The van der Waals surface area contributed by atoms with Gasteiger partial charge < -0.3 is 4.74 Å². The van der Waals surface area contributed by atoms with E-state index < -0.39 is 5.54 Å². The van der Waals surface area contributed by atoms with E-state index in [-0.39, 0.29) is 0 Å². The maximum absolute atomic E-state index is 9.68. The Balaban J connectivity index is 2.14. The molecular weight excluding hydrogens is 260 g/mol. The first-order valence-electron chi connectivity index (χ1n) is 7.89. The highest BCUT2D eigenvalue weighted by atomic mass is 16.5. The Bertz CT molecular complexity index is 520. The lowest BCUT2D eigenvalue weighted by Crippen LogP contribution is -2.51. The molecule has 3 heteroatoms. The summed E-state index contributed by atoms with van der Waals surface area (Å²) in [5.41, 5.74) is 3.01. The van der Waals surface area contributed by atoms with Gasteiger partial charge in [-0.2, -0.15) is 5.26 Å². The molecule has 0 heterocycles. The predicted octanol–water partition coefficient (Wildman–Crippen LogP) is 3.66. The summed E-state index contributed by atoms with van der Waals surface area (Å²) < 4.78 is 6.09. The fraction of sp³-hybridized carbons (Fsp3) is 0.611. The van der Waals surface area contributed by atoms with Crippen LogP contribution in [0.15, 0.2) is 12.1 Å². The van der Waals surface area contributed by atoms with Crippen LogP contribution in [-0.2, 0) is 0 Å². The lowest BCUT2D eigenvalue weighted by molar-refractivity contribution is 0.200. The summed E-state index contributed by atoms with van der Waals surface area (Å²) in [5, 5.41) is 13.1. The lowest BCUT2D eigenvalue weighted by atomic mass is 9.95. The molecule has 0 saturated heterocycles. The topological polar surface area (TPSA) is 45.0 Å². The zero-order chi connectivity index (χ0) is 15.5. The molecule has 1 unspecified atom stereocenters. The van der Waals surface area contributed by atoms with Gasteiger partial charge in [-0.15, -0.1) is 0 Å². The smallest absolute Gasteiger partial charge is 0.143 e. The summed E-state index contributed by atoms with van der Waals surface area (Å²) >= 11 is 0. The van der Waals surface area contributed by atoms with Gasteiger partial charge in [-0.3, -0.25) is 5.32 Å². The second-order valence-corrected chi connectivity index (χ2v) is 6.30. The third-order valence-corrected chi connectivity index (χ3v) is 4.21. The van der Waals surface area contributed by atoms with Crippen LogP contribution < -0.4 is 10.1 Å². The summed E-state index contributed by atoms with van der Waals surface area (Å²) in [5.74, 6) is 1.36. The molecule has 0 bridgehead atoms. The van der Waals surface area contributed by atoms with Gasteiger partial charge in [0, 0.05) is 0 Å². The minimum absolute atomic E-state index is 0.429. The van der Waals surface area contributed by atoms with Gasteiger partial charge >= 0.3 is 0 Å². The molecule has 0 spiro atoms. The molecule has 1 aliphatic carbocycles. The monoisotopic (exact) mass is 286 g/mol. The summed E-state index contributed by atoms with van der Waals surface area (Å²) in [4.78, 5) is 0. The number of ether oxygens (including phenoxy) is 1. The van der Waals surface area contributed by atoms with Crippen LogP contribution in [0.1, 0.15) is 42.9 Å². The summed E-state index contributed by atoms with van der Waals surface area (Å²) in [6.07, 6.45) is 3.28. The minimum atomic E-state index is -0.528. The van der Waals surface area contributed by atoms with Gasteiger partial charge in [0.05, 0.1) is 6.07 Å². The van der Waals surface area contributed by atoms with E-state index in [0.29, 0.717) is 12.5 Å². The quantitative estimate of drug-likeness (QED) is 0.832. The second kappa shape index (κ2) is 6.49. The average molecular weight is 286 g/mol. The molecule has 0 aromatic heterocycles. The maximum Gasteiger partial charge on any atom is 0.143 e. The van der Waals surface area contributed by atoms with E-state index in [1.54, 1.807) is 0 Å². The van der Waals surface area contributed by atoms with Crippen LogP contribution in [0.3, 0.4) is 0 Å². The zero-order valence-electron chi connectivity index (χ0n) is 13.6. The molecular formula is C18H26N2O. The standard InChI is InChI=1S/C18H26N2O/c1-5-8-20-18(11-19,16-6-7-16)12-21-17-14(3)9-13(2)10-15(17)4/h9-10,16,20H,5-8,12H2,1-4H3. The number of aryl methyl sites for hydroxylation is 3. The van der Waals surface area contributed by atoms with E-state index >= 15 is 0 Å². The normalized spacial score (nSPS) is 17.1. The fourth-order valence-corrected chi connectivity index (χ4v) is 2.98. The Morgan fingerprint density at radius 3 is 2.38 bits per heavy atom. The zero-order valence-corrected chi connectivity index (χ0v) is 13.6. The van der Waals surface area contributed by atoms with Gasteiger partial charge in [0.1, 0.15) is 17.9 Å². The van der Waals surface area contributed by atoms with Crippen molar-refractivity contribution in [2.75, 3.05) is 13.2 Å². The van der Waals surface area contributed by atoms with Gasteiger partial charge in [0.2, 0.25) is 0 Å². The second-order valence-electron chi connectivity index (χ2n) is 6.30. The molecule has 0 amide bonds. The van der Waals surface area contributed by atoms with Crippen LogP contribution in [0.25, 0.3) is 0 Å². The molecule has 3 nitrogen and oxygen atoms in total. The van der Waals surface area contributed by atoms with Crippen molar-refractivity contribution in [3.63, 3.8) is 0 Å². The van der Waals surface area contributed by atoms with E-state index in [0.717, 1.165) is 42.7 Å². The average Bonchev–Trinajstić information content (AvgIpc) is 3.26. The Morgan fingerprint density at radius 1 is 1.29 bits per heavy atom. The first-order chi connectivity index (χ1) is 10.0. The number of nitrogens with one attached hydrogen (secondary N) is 1. The molecule has 2 rings (SSSR count). The molecule has 1 fully saturated rings. The van der Waals surface area contributed by atoms with Crippen LogP contribution in [0.4, 0.5) is 0 Å². The third-order valence-electron chi connectivity index (χ3n) is 4.21. The Morgan fingerprint density at radius 2 is 1.90 bits per heavy atom. The molecule has 114 valence electrons. The van der Waals surface area contributed by atoms with Crippen molar-refractivity contribution in [3.05, 3.63) is 28.8 Å². The fourth-order valence-electron chi connectivity index (χ4n) is 2.98. The highest BCUT2D eigenvalue weighted by molar-refractivity contribution is 5.43. The van der Waals surface area contributed by atoms with Crippen LogP contribution in [0.5, 0.6) is 5.75 Å². The van der Waals surface area contributed by atoms with Crippen LogP contribution in [0, 0.1) is 38.0 Å². The number of benzene rings is 1. The first kappa shape index (κ1) is 15.9. The van der Waals surface area contributed by atoms with Crippen LogP contribution >= 0.6 is 0 Å². The number of nitrogens with zero attached hydrogens (tertiary/aromatic N) is 1. The van der Waals surface area contributed by atoms with Crippen molar-refractivity contribution < 1.29 is 4.74 Å². The van der Waals surface area contributed by atoms with E-state index in [1.165, 1.54) is 5.56 Å². The van der Waals surface area contributed by atoms with Crippen LogP contribution in [-0.4, -0.2) is 18.7 Å². The Labute approximate surface area is 128 Å². The summed E-state index contributed by atoms with van der Waals surface area (Å²) in [6.45, 7) is 9.64. The lowest BCUT2D eigenvalue weighted by Gasteiger charge is -2.28. The van der Waals surface area contributed by atoms with E-state index in [9.17, 15) is 5.26 Å². The van der Waals surface area contributed by atoms with Gasteiger partial charge in [0.15, 0.2) is 0 Å². The van der Waals surface area contributed by atoms with Crippen molar-refractivity contribution in [3.8, 4) is 11.8 Å². The largest absolute Gasteiger partial charge is 0.490 e. The summed E-state index contributed by atoms with van der Waals surface area (Å²) in [7, 11) is 0. The predicted molar refractivity (Wildman–Crippen MR) is 85.5 cm³/mol. The number of hydrogen-bond donors (Lipinski definition) is 1. The van der Waals surface area contributed by atoms with Gasteiger partial charge in [-0.05, 0) is 63.6 Å². The molecule has 0 radical (unpaired) electrons. The molecule has 21 heavy (non-hydrogen) atoms. The van der Waals surface area contributed by atoms with Crippen molar-refractivity contribution in [2.24, 2.45) is 5.92 Å². The van der Waals surface area contributed by atoms with E-state index in [1.807, 2.05) is 0 Å². The molecule has 1 N–H and O–H groups in total. The van der Waals surface area contributed by atoms with Crippen LogP contribution in [0.2, 0.25) is 0 Å². The molecule has 1 aromatic rings. The van der Waals surface area contributed by atoms with Crippen molar-refractivity contribution in [2.45, 2.75) is 52.5 Å².